The van der Waals surface area contributed by atoms with Crippen molar-refractivity contribution in [1.29, 1.82) is 0 Å². The fourth-order valence-corrected chi connectivity index (χ4v) is 2.09. The van der Waals surface area contributed by atoms with Crippen LogP contribution in [0.5, 0.6) is 0 Å². The Hall–Kier alpha value is -0.120. The van der Waals surface area contributed by atoms with Gasteiger partial charge in [-0.2, -0.15) is 0 Å². The van der Waals surface area contributed by atoms with Crippen molar-refractivity contribution in [3.63, 3.8) is 0 Å². The summed E-state index contributed by atoms with van der Waals surface area (Å²) in [5.41, 5.74) is -0.302. The van der Waals surface area contributed by atoms with E-state index < -0.39 is 0 Å². The quantitative estimate of drug-likeness (QED) is 0.704. The number of hydrogen-bond acceptors (Lipinski definition) is 3. The number of aliphatic hydroxyl groups excluding tert-OH is 1. The molecule has 0 bridgehead atoms. The van der Waals surface area contributed by atoms with Crippen LogP contribution in [0.25, 0.3) is 0 Å². The van der Waals surface area contributed by atoms with Crippen LogP contribution < -0.4 is 5.32 Å². The van der Waals surface area contributed by atoms with Gasteiger partial charge in [0.25, 0.3) is 0 Å². The van der Waals surface area contributed by atoms with Gasteiger partial charge in [0, 0.05) is 13.2 Å². The van der Waals surface area contributed by atoms with Crippen molar-refractivity contribution in [1.82, 2.24) is 5.32 Å². The van der Waals surface area contributed by atoms with Gasteiger partial charge < -0.3 is 15.2 Å². The summed E-state index contributed by atoms with van der Waals surface area (Å²) in [5.74, 6) is 0. The maximum Gasteiger partial charge on any atom is 0.0744 e. The van der Waals surface area contributed by atoms with Crippen LogP contribution in [0.1, 0.15) is 39.5 Å². The van der Waals surface area contributed by atoms with E-state index in [1.54, 1.807) is 7.11 Å². The van der Waals surface area contributed by atoms with Crippen molar-refractivity contribution >= 4 is 0 Å². The summed E-state index contributed by atoms with van der Waals surface area (Å²) >= 11 is 0. The van der Waals surface area contributed by atoms with Crippen molar-refractivity contribution in [2.24, 2.45) is 0 Å². The van der Waals surface area contributed by atoms with Gasteiger partial charge in [-0.15, -0.1) is 0 Å². The first-order valence-electron chi connectivity index (χ1n) is 5.53. The van der Waals surface area contributed by atoms with Crippen LogP contribution in [0.3, 0.4) is 0 Å². The molecule has 1 aliphatic rings. The minimum absolute atomic E-state index is 0.0353. The highest BCUT2D eigenvalue weighted by Crippen LogP contribution is 2.22. The summed E-state index contributed by atoms with van der Waals surface area (Å²) in [7, 11) is 1.69. The molecule has 3 nitrogen and oxygen atoms in total. The highest BCUT2D eigenvalue weighted by molar-refractivity contribution is 4.92. The summed E-state index contributed by atoms with van der Waals surface area (Å²) in [4.78, 5) is 0. The molecular weight excluding hydrogens is 178 g/mol. The van der Waals surface area contributed by atoms with Crippen LogP contribution in [0.15, 0.2) is 0 Å². The molecule has 0 amide bonds. The Labute approximate surface area is 86.8 Å². The molecule has 0 saturated heterocycles. The maximum atomic E-state index is 9.40. The molecule has 1 rings (SSSR count). The second-order valence-electron chi connectivity index (χ2n) is 4.58. The standard InChI is InChI=1S/C11H23NO2/c1-9(14-3)11(2,8-13)12-10-6-4-5-7-10/h9-10,12-13H,4-8H2,1-3H3. The van der Waals surface area contributed by atoms with E-state index in [9.17, 15) is 5.11 Å². The topological polar surface area (TPSA) is 41.5 Å². The molecule has 1 saturated carbocycles. The molecule has 2 unspecified atom stereocenters. The zero-order valence-electron chi connectivity index (χ0n) is 9.55. The SMILES string of the molecule is COC(C)C(C)(CO)NC1CCCC1. The minimum atomic E-state index is -0.302. The van der Waals surface area contributed by atoms with Crippen LogP contribution in [0.4, 0.5) is 0 Å². The lowest BCUT2D eigenvalue weighted by molar-refractivity contribution is 0.00250. The van der Waals surface area contributed by atoms with Gasteiger partial charge >= 0.3 is 0 Å². The average molecular weight is 201 g/mol. The molecule has 0 spiro atoms. The predicted molar refractivity (Wildman–Crippen MR) is 57.4 cm³/mol. The van der Waals surface area contributed by atoms with E-state index >= 15 is 0 Å². The predicted octanol–water partition coefficient (Wildman–Crippen LogP) is 1.30. The fourth-order valence-electron chi connectivity index (χ4n) is 2.09. The molecule has 0 aromatic rings. The fraction of sp³-hybridized carbons (Fsp3) is 1.00. The van der Waals surface area contributed by atoms with E-state index in [-0.39, 0.29) is 18.2 Å². The third-order valence-electron chi connectivity index (χ3n) is 3.47. The number of rotatable bonds is 5. The molecule has 0 radical (unpaired) electrons. The monoisotopic (exact) mass is 201 g/mol. The highest BCUT2D eigenvalue weighted by atomic mass is 16.5. The minimum Gasteiger partial charge on any atom is -0.394 e. The van der Waals surface area contributed by atoms with Crippen molar-refractivity contribution in [3.8, 4) is 0 Å². The summed E-state index contributed by atoms with van der Waals surface area (Å²) in [5, 5.41) is 12.9. The molecule has 0 heterocycles. The van der Waals surface area contributed by atoms with Crippen molar-refractivity contribution in [3.05, 3.63) is 0 Å². The second-order valence-corrected chi connectivity index (χ2v) is 4.58. The van der Waals surface area contributed by atoms with E-state index in [0.29, 0.717) is 6.04 Å². The van der Waals surface area contributed by atoms with Gasteiger partial charge in [-0.1, -0.05) is 12.8 Å². The molecule has 1 aliphatic carbocycles. The molecular formula is C11H23NO2. The maximum absolute atomic E-state index is 9.40. The lowest BCUT2D eigenvalue weighted by Gasteiger charge is -2.36. The molecule has 3 heteroatoms. The van der Waals surface area contributed by atoms with Gasteiger partial charge in [-0.25, -0.2) is 0 Å². The van der Waals surface area contributed by atoms with E-state index in [1.165, 1.54) is 25.7 Å². The zero-order chi connectivity index (χ0) is 10.6. The van der Waals surface area contributed by atoms with Gasteiger partial charge in [0.2, 0.25) is 0 Å². The summed E-state index contributed by atoms with van der Waals surface area (Å²) < 4.78 is 5.29. The number of hydrogen-bond donors (Lipinski definition) is 2. The van der Waals surface area contributed by atoms with Crippen molar-refractivity contribution in [2.75, 3.05) is 13.7 Å². The number of aliphatic hydroxyl groups is 1. The Morgan fingerprint density at radius 2 is 2.07 bits per heavy atom. The lowest BCUT2D eigenvalue weighted by Crippen LogP contribution is -2.57. The van der Waals surface area contributed by atoms with Gasteiger partial charge in [0.15, 0.2) is 0 Å². The van der Waals surface area contributed by atoms with Gasteiger partial charge in [-0.3, -0.25) is 0 Å². The van der Waals surface area contributed by atoms with Crippen LogP contribution in [-0.2, 0) is 4.74 Å². The van der Waals surface area contributed by atoms with E-state index in [1.807, 2.05) is 13.8 Å². The molecule has 0 aromatic heterocycles. The van der Waals surface area contributed by atoms with E-state index in [0.717, 1.165) is 0 Å². The Morgan fingerprint density at radius 1 is 1.50 bits per heavy atom. The first kappa shape index (κ1) is 12.0. The first-order chi connectivity index (χ1) is 6.62. The lowest BCUT2D eigenvalue weighted by atomic mass is 9.95. The Morgan fingerprint density at radius 3 is 2.50 bits per heavy atom. The molecule has 2 N–H and O–H groups in total. The second kappa shape index (κ2) is 5.10. The van der Waals surface area contributed by atoms with Crippen LogP contribution in [0, 0.1) is 0 Å². The zero-order valence-corrected chi connectivity index (χ0v) is 9.55. The number of ether oxygens (including phenoxy) is 1. The van der Waals surface area contributed by atoms with Crippen LogP contribution in [-0.4, -0.2) is 36.5 Å². The highest BCUT2D eigenvalue weighted by Gasteiger charge is 2.33. The third kappa shape index (κ3) is 2.69. The Balaban J connectivity index is 2.50. The molecule has 2 atom stereocenters. The summed E-state index contributed by atoms with van der Waals surface area (Å²) in [6.07, 6.45) is 5.10. The van der Waals surface area contributed by atoms with Gasteiger partial charge in [0.05, 0.1) is 18.2 Å². The van der Waals surface area contributed by atoms with Gasteiger partial charge in [0.1, 0.15) is 0 Å². The van der Waals surface area contributed by atoms with E-state index in [4.69, 9.17) is 4.74 Å². The number of nitrogens with one attached hydrogen (secondary N) is 1. The Kier molecular flexibility index (Phi) is 4.35. The van der Waals surface area contributed by atoms with E-state index in [2.05, 4.69) is 5.32 Å². The average Bonchev–Trinajstić information content (AvgIpc) is 2.68. The van der Waals surface area contributed by atoms with Crippen molar-refractivity contribution < 1.29 is 9.84 Å². The molecule has 84 valence electrons. The summed E-state index contributed by atoms with van der Waals surface area (Å²) in [6.45, 7) is 4.15. The normalized spacial score (nSPS) is 24.9. The van der Waals surface area contributed by atoms with Crippen LogP contribution >= 0.6 is 0 Å². The largest absolute Gasteiger partial charge is 0.394 e. The third-order valence-corrected chi connectivity index (χ3v) is 3.47. The molecule has 14 heavy (non-hydrogen) atoms. The Bertz CT molecular complexity index is 169. The van der Waals surface area contributed by atoms with Gasteiger partial charge in [-0.05, 0) is 26.7 Å². The molecule has 1 fully saturated rings. The molecule has 0 aromatic carbocycles. The van der Waals surface area contributed by atoms with Crippen molar-refractivity contribution in [2.45, 2.75) is 57.2 Å². The summed E-state index contributed by atoms with van der Waals surface area (Å²) in [6, 6.07) is 0.560. The first-order valence-corrected chi connectivity index (χ1v) is 5.53. The smallest absolute Gasteiger partial charge is 0.0744 e. The number of methoxy groups -OCH3 is 1. The van der Waals surface area contributed by atoms with Crippen LogP contribution in [0.2, 0.25) is 0 Å². The molecule has 0 aliphatic heterocycles.